The molecule has 0 radical (unpaired) electrons. The van der Waals surface area contributed by atoms with Gasteiger partial charge in [-0.3, -0.25) is 4.79 Å². The van der Waals surface area contributed by atoms with Crippen LogP contribution in [0.4, 0.5) is 0 Å². The fourth-order valence-electron chi connectivity index (χ4n) is 1.24. The Bertz CT molecular complexity index is 342. The van der Waals surface area contributed by atoms with E-state index in [-0.39, 0.29) is 28.8 Å². The predicted molar refractivity (Wildman–Crippen MR) is 53.6 cm³/mol. The maximum Gasteiger partial charge on any atom is 0.168 e. The van der Waals surface area contributed by atoms with Crippen molar-refractivity contribution >= 4 is 5.78 Å². The third-order valence-electron chi connectivity index (χ3n) is 1.91. The molecule has 0 aliphatic carbocycles. The van der Waals surface area contributed by atoms with Crippen molar-refractivity contribution in [2.75, 3.05) is 0 Å². The van der Waals surface area contributed by atoms with Gasteiger partial charge in [-0.2, -0.15) is 0 Å². The number of rotatable bonds is 3. The maximum absolute atomic E-state index is 11.6. The zero-order valence-corrected chi connectivity index (χ0v) is 8.32. The minimum atomic E-state index is -0.321. The molecule has 3 heteroatoms. The van der Waals surface area contributed by atoms with Crippen LogP contribution in [0.15, 0.2) is 18.2 Å². The number of carbonyl (C=O) groups is 1. The second kappa shape index (κ2) is 4.13. The normalized spacial score (nSPS) is 10.5. The quantitative estimate of drug-likeness (QED) is 0.573. The molecule has 2 N–H and O–H groups in total. The Morgan fingerprint density at radius 1 is 1.36 bits per heavy atom. The highest BCUT2D eigenvalue weighted by Gasteiger charge is 2.14. The molecule has 0 aromatic heterocycles. The van der Waals surface area contributed by atoms with E-state index in [0.717, 1.165) is 0 Å². The van der Waals surface area contributed by atoms with Crippen molar-refractivity contribution in [1.82, 2.24) is 0 Å². The van der Waals surface area contributed by atoms with Gasteiger partial charge in [0.05, 0.1) is 5.56 Å². The molecule has 3 nitrogen and oxygen atoms in total. The van der Waals surface area contributed by atoms with E-state index in [1.165, 1.54) is 12.1 Å². The van der Waals surface area contributed by atoms with Gasteiger partial charge >= 0.3 is 0 Å². The summed E-state index contributed by atoms with van der Waals surface area (Å²) in [6.07, 6.45) is 0.372. The van der Waals surface area contributed by atoms with E-state index in [2.05, 4.69) is 0 Å². The van der Waals surface area contributed by atoms with Gasteiger partial charge in [-0.1, -0.05) is 19.9 Å². The number of ketones is 1. The Hall–Kier alpha value is -1.51. The van der Waals surface area contributed by atoms with Gasteiger partial charge in [-0.05, 0) is 18.1 Å². The first-order valence-electron chi connectivity index (χ1n) is 4.56. The van der Waals surface area contributed by atoms with E-state index < -0.39 is 0 Å². The Kier molecular flexibility index (Phi) is 3.12. The minimum absolute atomic E-state index is 0.145. The van der Waals surface area contributed by atoms with Gasteiger partial charge < -0.3 is 10.2 Å². The van der Waals surface area contributed by atoms with Crippen LogP contribution in [0.2, 0.25) is 0 Å². The fraction of sp³-hybridized carbons (Fsp3) is 0.364. The van der Waals surface area contributed by atoms with Crippen LogP contribution < -0.4 is 0 Å². The SMILES string of the molecule is CC(C)CC(=O)c1cccc(O)c1O. The molecule has 1 aromatic carbocycles. The second-order valence-corrected chi connectivity index (χ2v) is 3.69. The lowest BCUT2D eigenvalue weighted by atomic mass is 10.0. The van der Waals surface area contributed by atoms with Crippen LogP contribution in [0.25, 0.3) is 0 Å². The molecular weight excluding hydrogens is 180 g/mol. The summed E-state index contributed by atoms with van der Waals surface area (Å²) in [6, 6.07) is 4.41. The monoisotopic (exact) mass is 194 g/mol. The Morgan fingerprint density at radius 2 is 2.00 bits per heavy atom. The fourth-order valence-corrected chi connectivity index (χ4v) is 1.24. The molecule has 0 aliphatic rings. The molecule has 0 bridgehead atoms. The molecule has 76 valence electrons. The molecule has 14 heavy (non-hydrogen) atoms. The molecular formula is C11H14O3. The van der Waals surface area contributed by atoms with E-state index in [1.807, 2.05) is 13.8 Å². The highest BCUT2D eigenvalue weighted by molar-refractivity contribution is 5.99. The van der Waals surface area contributed by atoms with Gasteiger partial charge in [0.25, 0.3) is 0 Å². The van der Waals surface area contributed by atoms with Crippen molar-refractivity contribution in [2.24, 2.45) is 5.92 Å². The van der Waals surface area contributed by atoms with Crippen molar-refractivity contribution in [3.8, 4) is 11.5 Å². The molecule has 0 amide bonds. The van der Waals surface area contributed by atoms with Gasteiger partial charge in [0, 0.05) is 6.42 Å². The highest BCUT2D eigenvalue weighted by Crippen LogP contribution is 2.29. The van der Waals surface area contributed by atoms with Crippen LogP contribution in [0.5, 0.6) is 11.5 Å². The first-order valence-corrected chi connectivity index (χ1v) is 4.56. The third kappa shape index (κ3) is 2.25. The molecule has 1 rings (SSSR count). The van der Waals surface area contributed by atoms with Crippen molar-refractivity contribution in [2.45, 2.75) is 20.3 Å². The smallest absolute Gasteiger partial charge is 0.168 e. The molecule has 0 atom stereocenters. The third-order valence-corrected chi connectivity index (χ3v) is 1.91. The zero-order valence-electron chi connectivity index (χ0n) is 8.32. The molecule has 0 aliphatic heterocycles. The molecule has 0 saturated heterocycles. The summed E-state index contributed by atoms with van der Waals surface area (Å²) in [5.74, 6) is -0.476. The number of phenols is 2. The first kappa shape index (κ1) is 10.6. The van der Waals surface area contributed by atoms with Crippen molar-refractivity contribution in [1.29, 1.82) is 0 Å². The van der Waals surface area contributed by atoms with E-state index in [0.29, 0.717) is 6.42 Å². The molecule has 0 unspecified atom stereocenters. The molecule has 0 fully saturated rings. The van der Waals surface area contributed by atoms with E-state index in [1.54, 1.807) is 6.07 Å². The number of hydrogen-bond donors (Lipinski definition) is 2. The van der Waals surface area contributed by atoms with Crippen LogP contribution >= 0.6 is 0 Å². The number of phenolic OH excluding ortho intramolecular Hbond substituents is 2. The van der Waals surface area contributed by atoms with Crippen molar-refractivity contribution in [3.05, 3.63) is 23.8 Å². The topological polar surface area (TPSA) is 57.5 Å². The lowest BCUT2D eigenvalue weighted by Crippen LogP contribution is -2.03. The molecule has 0 saturated carbocycles. The van der Waals surface area contributed by atoms with Crippen LogP contribution in [0, 0.1) is 5.92 Å². The number of aromatic hydroxyl groups is 2. The van der Waals surface area contributed by atoms with Gasteiger partial charge in [-0.15, -0.1) is 0 Å². The number of hydrogen-bond acceptors (Lipinski definition) is 3. The standard InChI is InChI=1S/C11H14O3/c1-7(2)6-10(13)8-4-3-5-9(12)11(8)14/h3-5,7,12,14H,6H2,1-2H3. The van der Waals surface area contributed by atoms with Crippen LogP contribution in [-0.2, 0) is 0 Å². The van der Waals surface area contributed by atoms with Crippen LogP contribution in [-0.4, -0.2) is 16.0 Å². The van der Waals surface area contributed by atoms with E-state index in [9.17, 15) is 15.0 Å². The minimum Gasteiger partial charge on any atom is -0.504 e. The zero-order chi connectivity index (χ0) is 10.7. The summed E-state index contributed by atoms with van der Waals surface area (Å²) in [5, 5.41) is 18.6. The van der Waals surface area contributed by atoms with Gasteiger partial charge in [0.2, 0.25) is 0 Å². The molecule has 0 spiro atoms. The lowest BCUT2D eigenvalue weighted by Gasteiger charge is -2.06. The van der Waals surface area contributed by atoms with Crippen molar-refractivity contribution < 1.29 is 15.0 Å². The summed E-state index contributed by atoms with van der Waals surface area (Å²) in [7, 11) is 0. The number of para-hydroxylation sites is 1. The average molecular weight is 194 g/mol. The second-order valence-electron chi connectivity index (χ2n) is 3.69. The van der Waals surface area contributed by atoms with Gasteiger partial charge in [-0.25, -0.2) is 0 Å². The number of Topliss-reactive ketones (excluding diaryl/α,β-unsaturated/α-hetero) is 1. The Morgan fingerprint density at radius 3 is 2.57 bits per heavy atom. The number of benzene rings is 1. The van der Waals surface area contributed by atoms with E-state index in [4.69, 9.17) is 0 Å². The van der Waals surface area contributed by atoms with Crippen LogP contribution in [0.3, 0.4) is 0 Å². The molecule has 1 aromatic rings. The summed E-state index contributed by atoms with van der Waals surface area (Å²) in [5.41, 5.74) is 0.193. The van der Waals surface area contributed by atoms with Crippen molar-refractivity contribution in [3.63, 3.8) is 0 Å². The summed E-state index contributed by atoms with van der Waals surface area (Å²) < 4.78 is 0. The average Bonchev–Trinajstić information content (AvgIpc) is 2.08. The number of carbonyl (C=O) groups excluding carboxylic acids is 1. The van der Waals surface area contributed by atoms with Gasteiger partial charge in [0.15, 0.2) is 17.3 Å². The summed E-state index contributed by atoms with van der Waals surface area (Å²) >= 11 is 0. The molecule has 0 heterocycles. The Balaban J connectivity index is 2.96. The summed E-state index contributed by atoms with van der Waals surface area (Å²) in [6.45, 7) is 3.86. The lowest BCUT2D eigenvalue weighted by molar-refractivity contribution is 0.0964. The summed E-state index contributed by atoms with van der Waals surface area (Å²) in [4.78, 5) is 11.6. The Labute approximate surface area is 83.0 Å². The predicted octanol–water partition coefficient (Wildman–Crippen LogP) is 2.33. The first-order chi connectivity index (χ1) is 6.52. The van der Waals surface area contributed by atoms with E-state index >= 15 is 0 Å². The largest absolute Gasteiger partial charge is 0.504 e. The maximum atomic E-state index is 11.6. The van der Waals surface area contributed by atoms with Crippen LogP contribution in [0.1, 0.15) is 30.6 Å². The van der Waals surface area contributed by atoms with Gasteiger partial charge in [0.1, 0.15) is 0 Å². The highest BCUT2D eigenvalue weighted by atomic mass is 16.3.